The second-order valence-corrected chi connectivity index (χ2v) is 7.35. The third kappa shape index (κ3) is 3.21. The van der Waals surface area contributed by atoms with Gasteiger partial charge < -0.3 is 9.84 Å². The van der Waals surface area contributed by atoms with E-state index in [1.54, 1.807) is 13.2 Å². The van der Waals surface area contributed by atoms with Gasteiger partial charge in [-0.2, -0.15) is 0 Å². The largest absolute Gasteiger partial charge is 0.386 e. The van der Waals surface area contributed by atoms with Gasteiger partial charge in [0.05, 0.1) is 24.7 Å². The summed E-state index contributed by atoms with van der Waals surface area (Å²) < 4.78 is 5.37. The van der Waals surface area contributed by atoms with E-state index in [9.17, 15) is 14.7 Å². The number of nitrogens with zero attached hydrogens (tertiary/aromatic N) is 2. The number of amides is 2. The molecule has 0 saturated carbocycles. The fourth-order valence-corrected chi connectivity index (χ4v) is 4.48. The number of carbonyl (C=O) groups is 2. The first kappa shape index (κ1) is 18.3. The Morgan fingerprint density at radius 2 is 2.00 bits per heavy atom. The predicted molar refractivity (Wildman–Crippen MR) is 98.2 cm³/mol. The van der Waals surface area contributed by atoms with Crippen molar-refractivity contribution in [3.63, 3.8) is 0 Å². The Morgan fingerprint density at radius 3 is 2.74 bits per heavy atom. The number of hydrogen-bond acceptors (Lipinski definition) is 6. The zero-order valence-corrected chi connectivity index (χ0v) is 15.3. The van der Waals surface area contributed by atoms with Crippen LogP contribution in [0.1, 0.15) is 24.5 Å². The molecule has 7 nitrogen and oxygen atoms in total. The van der Waals surface area contributed by atoms with Crippen molar-refractivity contribution in [2.24, 2.45) is 5.92 Å². The average Bonchev–Trinajstić information content (AvgIpc) is 3.26. The maximum absolute atomic E-state index is 12.6. The van der Waals surface area contributed by atoms with Gasteiger partial charge in [-0.25, -0.2) is 10.0 Å². The number of ether oxygens (including phenoxy) is 1. The average molecular weight is 371 g/mol. The monoisotopic (exact) mass is 371 g/mol. The molecule has 0 radical (unpaired) electrons. The van der Waals surface area contributed by atoms with E-state index in [4.69, 9.17) is 4.74 Å². The van der Waals surface area contributed by atoms with Crippen LogP contribution in [-0.4, -0.2) is 65.3 Å². The molecule has 7 heteroatoms. The Morgan fingerprint density at radius 1 is 1.22 bits per heavy atom. The fraction of sp³-hybridized carbons (Fsp3) is 0.500. The second kappa shape index (κ2) is 7.52. The molecule has 1 aromatic rings. The van der Waals surface area contributed by atoms with Crippen LogP contribution in [0.3, 0.4) is 0 Å². The van der Waals surface area contributed by atoms with Crippen LogP contribution in [0.25, 0.3) is 0 Å². The van der Waals surface area contributed by atoms with E-state index in [0.717, 1.165) is 24.9 Å². The highest BCUT2D eigenvalue weighted by atomic mass is 16.5. The standard InChI is InChI=1S/C20H25N3O4/c1-27-12-14-8-5-11-22(14)23-16(18(24)13-6-3-2-4-7-13)10-9-15-17(23)20(26)21-19(15)25/h2-4,6-7,9-10,14-18,24H,5,8,11-12H2,1H3,(H,21,25,26)/t14-,15+,16+,17-,18+/m1/s1. The normalized spacial score (nSPS) is 32.5. The number of aliphatic hydroxyl groups is 1. The maximum atomic E-state index is 12.6. The molecule has 2 amide bonds. The summed E-state index contributed by atoms with van der Waals surface area (Å²) in [6.45, 7) is 1.31. The molecule has 0 aliphatic carbocycles. The number of rotatable bonds is 5. The molecule has 5 atom stereocenters. The fourth-order valence-electron chi connectivity index (χ4n) is 4.48. The van der Waals surface area contributed by atoms with Crippen molar-refractivity contribution in [2.75, 3.05) is 20.3 Å². The molecule has 0 aromatic heterocycles. The molecule has 2 saturated heterocycles. The van der Waals surface area contributed by atoms with Crippen molar-refractivity contribution in [3.05, 3.63) is 48.0 Å². The quantitative estimate of drug-likeness (QED) is 0.584. The van der Waals surface area contributed by atoms with Crippen LogP contribution >= 0.6 is 0 Å². The van der Waals surface area contributed by atoms with E-state index >= 15 is 0 Å². The van der Waals surface area contributed by atoms with Gasteiger partial charge in [-0.1, -0.05) is 42.5 Å². The number of fused-ring (bicyclic) bond motifs is 1. The van der Waals surface area contributed by atoms with E-state index in [0.29, 0.717) is 6.61 Å². The molecule has 3 aliphatic heterocycles. The van der Waals surface area contributed by atoms with Crippen LogP contribution in [0.2, 0.25) is 0 Å². The summed E-state index contributed by atoms with van der Waals surface area (Å²) >= 11 is 0. The molecule has 27 heavy (non-hydrogen) atoms. The van der Waals surface area contributed by atoms with Gasteiger partial charge in [0.2, 0.25) is 11.8 Å². The van der Waals surface area contributed by atoms with Crippen LogP contribution in [-0.2, 0) is 14.3 Å². The summed E-state index contributed by atoms with van der Waals surface area (Å²) in [5, 5.41) is 17.6. The van der Waals surface area contributed by atoms with Crippen molar-refractivity contribution >= 4 is 11.8 Å². The third-order valence-corrected chi connectivity index (χ3v) is 5.73. The van der Waals surface area contributed by atoms with Crippen LogP contribution < -0.4 is 5.32 Å². The summed E-state index contributed by atoms with van der Waals surface area (Å²) in [7, 11) is 1.66. The van der Waals surface area contributed by atoms with E-state index in [1.165, 1.54) is 0 Å². The van der Waals surface area contributed by atoms with E-state index in [-0.39, 0.29) is 17.9 Å². The van der Waals surface area contributed by atoms with Crippen molar-refractivity contribution in [1.29, 1.82) is 0 Å². The van der Waals surface area contributed by atoms with Gasteiger partial charge >= 0.3 is 0 Å². The molecule has 4 rings (SSSR count). The predicted octanol–water partition coefficient (Wildman–Crippen LogP) is 0.627. The highest BCUT2D eigenvalue weighted by Crippen LogP contribution is 2.36. The molecular formula is C20H25N3O4. The van der Waals surface area contributed by atoms with Crippen molar-refractivity contribution < 1.29 is 19.4 Å². The molecule has 0 unspecified atom stereocenters. The number of hydrazine groups is 1. The number of methoxy groups -OCH3 is 1. The van der Waals surface area contributed by atoms with Crippen molar-refractivity contribution in [3.8, 4) is 0 Å². The Hall–Kier alpha value is -2.06. The number of aliphatic hydroxyl groups excluding tert-OH is 1. The van der Waals surface area contributed by atoms with Crippen molar-refractivity contribution in [2.45, 2.75) is 37.1 Å². The Bertz CT molecular complexity index is 738. The van der Waals surface area contributed by atoms with Gasteiger partial charge in [0.15, 0.2) is 0 Å². The number of nitrogens with one attached hydrogen (secondary N) is 1. The van der Waals surface area contributed by atoms with Gasteiger partial charge in [-0.3, -0.25) is 14.9 Å². The smallest absolute Gasteiger partial charge is 0.246 e. The minimum Gasteiger partial charge on any atom is -0.386 e. The summed E-state index contributed by atoms with van der Waals surface area (Å²) in [6, 6.07) is 8.47. The molecule has 0 spiro atoms. The van der Waals surface area contributed by atoms with E-state index in [1.807, 2.05) is 41.4 Å². The Kier molecular flexibility index (Phi) is 5.10. The molecule has 2 fully saturated rings. The summed E-state index contributed by atoms with van der Waals surface area (Å²) in [6.07, 6.45) is 4.75. The van der Waals surface area contributed by atoms with E-state index in [2.05, 4.69) is 10.3 Å². The number of hydrogen-bond donors (Lipinski definition) is 2. The highest BCUT2D eigenvalue weighted by Gasteiger charge is 2.52. The van der Waals surface area contributed by atoms with Gasteiger partial charge in [0, 0.05) is 19.7 Å². The number of carbonyl (C=O) groups excluding carboxylic acids is 2. The summed E-state index contributed by atoms with van der Waals surface area (Å²) in [5.74, 6) is -1.11. The minimum absolute atomic E-state index is 0.121. The maximum Gasteiger partial charge on any atom is 0.246 e. The first-order valence-corrected chi connectivity index (χ1v) is 9.41. The van der Waals surface area contributed by atoms with Gasteiger partial charge in [0.25, 0.3) is 0 Å². The molecular weight excluding hydrogens is 346 g/mol. The molecule has 3 aliphatic rings. The zero-order valence-electron chi connectivity index (χ0n) is 15.3. The van der Waals surface area contributed by atoms with Gasteiger partial charge in [-0.05, 0) is 18.4 Å². The lowest BCUT2D eigenvalue weighted by Gasteiger charge is -2.47. The molecule has 1 aromatic carbocycles. The first-order chi connectivity index (χ1) is 13.1. The van der Waals surface area contributed by atoms with Crippen molar-refractivity contribution in [1.82, 2.24) is 15.3 Å². The second-order valence-electron chi connectivity index (χ2n) is 7.35. The lowest BCUT2D eigenvalue weighted by atomic mass is 9.90. The molecule has 3 heterocycles. The summed E-state index contributed by atoms with van der Waals surface area (Å²) in [5.41, 5.74) is 0.780. The van der Waals surface area contributed by atoms with Crippen LogP contribution in [0.5, 0.6) is 0 Å². The number of benzene rings is 1. The zero-order chi connectivity index (χ0) is 19.0. The first-order valence-electron chi connectivity index (χ1n) is 9.41. The van der Waals surface area contributed by atoms with E-state index < -0.39 is 24.1 Å². The summed E-state index contributed by atoms with van der Waals surface area (Å²) in [4.78, 5) is 24.8. The molecule has 144 valence electrons. The van der Waals surface area contributed by atoms with Gasteiger partial charge in [-0.15, -0.1) is 0 Å². The third-order valence-electron chi connectivity index (χ3n) is 5.73. The van der Waals surface area contributed by atoms with Crippen LogP contribution in [0, 0.1) is 5.92 Å². The Balaban J connectivity index is 1.72. The highest BCUT2D eigenvalue weighted by molar-refractivity contribution is 6.08. The molecule has 0 bridgehead atoms. The Labute approximate surface area is 158 Å². The van der Waals surface area contributed by atoms with Crippen LogP contribution in [0.4, 0.5) is 0 Å². The van der Waals surface area contributed by atoms with Gasteiger partial charge in [0.1, 0.15) is 6.04 Å². The topological polar surface area (TPSA) is 82.1 Å². The minimum atomic E-state index is -0.810. The van der Waals surface area contributed by atoms with Crippen LogP contribution in [0.15, 0.2) is 42.5 Å². The lowest BCUT2D eigenvalue weighted by Crippen LogP contribution is -2.62. The SMILES string of the molecule is COC[C@H]1CCCN1N1[C@H]([C@@H](O)c2ccccc2)C=C[C@@H]2C(=O)NC(=O)[C@@H]21. The number of imide groups is 1. The molecule has 2 N–H and O–H groups in total. The lowest BCUT2D eigenvalue weighted by molar-refractivity contribution is -0.155.